The van der Waals surface area contributed by atoms with Crippen LogP contribution in [0.4, 0.5) is 0 Å². The van der Waals surface area contributed by atoms with E-state index >= 15 is 0 Å². The molecule has 0 radical (unpaired) electrons. The number of likely N-dealkylation sites (tertiary alicyclic amines) is 1. The summed E-state index contributed by atoms with van der Waals surface area (Å²) in [5.74, 6) is 1.69. The van der Waals surface area contributed by atoms with E-state index in [1.165, 1.54) is 11.3 Å². The molecule has 1 aliphatic rings. The molecule has 1 saturated heterocycles. The minimum atomic E-state index is 0.0996. The van der Waals surface area contributed by atoms with Crippen molar-refractivity contribution in [2.75, 3.05) is 13.1 Å². The van der Waals surface area contributed by atoms with E-state index in [4.69, 9.17) is 11.6 Å². The average Bonchev–Trinajstić information content (AvgIpc) is 3.15. The van der Waals surface area contributed by atoms with Crippen molar-refractivity contribution in [3.05, 3.63) is 39.6 Å². The first kappa shape index (κ1) is 15.6. The highest BCUT2D eigenvalue weighted by Crippen LogP contribution is 2.30. The highest BCUT2D eigenvalue weighted by atomic mass is 35.5. The third-order valence-corrected chi connectivity index (χ3v) is 5.41. The van der Waals surface area contributed by atoms with Crippen LogP contribution in [0.2, 0.25) is 4.34 Å². The number of hydrogen-bond acceptors (Lipinski definition) is 3. The molecule has 0 unspecified atom stereocenters. The summed E-state index contributed by atoms with van der Waals surface area (Å²) in [5.41, 5.74) is 0. The molecule has 6 heteroatoms. The summed E-state index contributed by atoms with van der Waals surface area (Å²) in [4.78, 5) is 19.6. The molecule has 0 spiro atoms. The fourth-order valence-electron chi connectivity index (χ4n) is 3.00. The van der Waals surface area contributed by atoms with Crippen LogP contribution in [0.1, 0.15) is 54.1 Å². The molecule has 0 saturated carbocycles. The van der Waals surface area contributed by atoms with Gasteiger partial charge in [-0.3, -0.25) is 4.79 Å². The normalized spacial score (nSPS) is 16.5. The molecule has 0 aliphatic carbocycles. The monoisotopic (exact) mass is 337 g/mol. The Morgan fingerprint density at radius 1 is 1.36 bits per heavy atom. The molecule has 3 heterocycles. The van der Waals surface area contributed by atoms with Crippen LogP contribution in [0.25, 0.3) is 0 Å². The molecule has 2 aromatic rings. The van der Waals surface area contributed by atoms with Gasteiger partial charge in [0.1, 0.15) is 5.82 Å². The third kappa shape index (κ3) is 3.06. The van der Waals surface area contributed by atoms with Crippen LogP contribution in [0.5, 0.6) is 0 Å². The maximum atomic E-state index is 12.4. The first-order chi connectivity index (χ1) is 10.6. The molecule has 1 fully saturated rings. The van der Waals surface area contributed by atoms with Crippen LogP contribution in [0, 0.1) is 0 Å². The van der Waals surface area contributed by atoms with E-state index in [9.17, 15) is 4.79 Å². The second-order valence-corrected chi connectivity index (χ2v) is 7.67. The number of nitrogens with zero attached hydrogens (tertiary/aromatic N) is 3. The van der Waals surface area contributed by atoms with E-state index in [1.807, 2.05) is 23.4 Å². The lowest BCUT2D eigenvalue weighted by molar-refractivity contribution is 0.0715. The standard InChI is InChI=1S/C16H20ClN3OS/c1-11(2)20-10-7-18-15(20)12-5-8-19(9-6-12)16(21)13-3-4-14(17)22-13/h3-4,7,10-12H,5-6,8-9H2,1-2H3. The van der Waals surface area contributed by atoms with Crippen molar-refractivity contribution in [3.63, 3.8) is 0 Å². The minimum absolute atomic E-state index is 0.0996. The molecule has 4 nitrogen and oxygen atoms in total. The van der Waals surface area contributed by atoms with Gasteiger partial charge in [-0.25, -0.2) is 4.98 Å². The van der Waals surface area contributed by atoms with Crippen LogP contribution in [-0.2, 0) is 0 Å². The predicted octanol–water partition coefficient (Wildman–Crippen LogP) is 4.20. The molecule has 2 aromatic heterocycles. The zero-order valence-corrected chi connectivity index (χ0v) is 14.4. The molecule has 0 aromatic carbocycles. The fraction of sp³-hybridized carbons (Fsp3) is 0.500. The predicted molar refractivity (Wildman–Crippen MR) is 89.8 cm³/mol. The average molecular weight is 338 g/mol. The quantitative estimate of drug-likeness (QED) is 0.841. The van der Waals surface area contributed by atoms with Crippen molar-refractivity contribution in [3.8, 4) is 0 Å². The summed E-state index contributed by atoms with van der Waals surface area (Å²) in [6, 6.07) is 4.02. The van der Waals surface area contributed by atoms with Gasteiger partial charge in [0.2, 0.25) is 0 Å². The maximum absolute atomic E-state index is 12.4. The van der Waals surface area contributed by atoms with Crippen LogP contribution in [0.15, 0.2) is 24.5 Å². The van der Waals surface area contributed by atoms with Crippen molar-refractivity contribution < 1.29 is 4.79 Å². The Balaban J connectivity index is 1.65. The molecule has 0 bridgehead atoms. The number of amides is 1. The van der Waals surface area contributed by atoms with E-state index < -0.39 is 0 Å². The van der Waals surface area contributed by atoms with Gasteiger partial charge in [-0.1, -0.05) is 11.6 Å². The zero-order chi connectivity index (χ0) is 15.7. The molecule has 0 atom stereocenters. The van der Waals surface area contributed by atoms with Crippen molar-refractivity contribution in [1.82, 2.24) is 14.5 Å². The lowest BCUT2D eigenvalue weighted by Crippen LogP contribution is -2.38. The van der Waals surface area contributed by atoms with E-state index in [-0.39, 0.29) is 5.91 Å². The first-order valence-corrected chi connectivity index (χ1v) is 8.83. The van der Waals surface area contributed by atoms with Gasteiger partial charge >= 0.3 is 0 Å². The van der Waals surface area contributed by atoms with Crippen LogP contribution in [0.3, 0.4) is 0 Å². The molecular formula is C16H20ClN3OS. The Morgan fingerprint density at radius 2 is 2.09 bits per heavy atom. The Hall–Kier alpha value is -1.33. The van der Waals surface area contributed by atoms with Crippen LogP contribution in [-0.4, -0.2) is 33.4 Å². The summed E-state index contributed by atoms with van der Waals surface area (Å²) in [5, 5.41) is 0. The van der Waals surface area contributed by atoms with Gasteiger partial charge in [-0.05, 0) is 38.8 Å². The van der Waals surface area contributed by atoms with Crippen molar-refractivity contribution in [2.24, 2.45) is 0 Å². The third-order valence-electron chi connectivity index (χ3n) is 4.19. The molecule has 1 amide bonds. The van der Waals surface area contributed by atoms with Gasteiger partial charge in [0.25, 0.3) is 5.91 Å². The molecule has 1 aliphatic heterocycles. The summed E-state index contributed by atoms with van der Waals surface area (Å²) < 4.78 is 2.90. The number of piperidine rings is 1. The first-order valence-electron chi connectivity index (χ1n) is 7.63. The smallest absolute Gasteiger partial charge is 0.263 e. The number of aromatic nitrogens is 2. The Labute approximate surface area is 139 Å². The summed E-state index contributed by atoms with van der Waals surface area (Å²) in [7, 11) is 0. The van der Waals surface area contributed by atoms with Crippen LogP contribution >= 0.6 is 22.9 Å². The fourth-order valence-corrected chi connectivity index (χ4v) is 4.01. The lowest BCUT2D eigenvalue weighted by Gasteiger charge is -2.32. The molecule has 118 valence electrons. The molecular weight excluding hydrogens is 318 g/mol. The number of rotatable bonds is 3. The molecule has 3 rings (SSSR count). The van der Waals surface area contributed by atoms with Crippen LogP contribution < -0.4 is 0 Å². The summed E-state index contributed by atoms with van der Waals surface area (Å²) in [6.07, 6.45) is 5.86. The van der Waals surface area contributed by atoms with E-state index in [0.29, 0.717) is 16.3 Å². The SMILES string of the molecule is CC(C)n1ccnc1C1CCN(C(=O)c2ccc(Cl)s2)CC1. The largest absolute Gasteiger partial charge is 0.338 e. The Bertz CT molecular complexity index is 656. The van der Waals surface area contributed by atoms with Crippen molar-refractivity contribution in [2.45, 2.75) is 38.6 Å². The highest BCUT2D eigenvalue weighted by molar-refractivity contribution is 7.17. The highest BCUT2D eigenvalue weighted by Gasteiger charge is 2.27. The summed E-state index contributed by atoms with van der Waals surface area (Å²) >= 11 is 7.27. The number of halogens is 1. The second-order valence-electron chi connectivity index (χ2n) is 5.96. The minimum Gasteiger partial charge on any atom is -0.338 e. The summed E-state index contributed by atoms with van der Waals surface area (Å²) in [6.45, 7) is 5.91. The van der Waals surface area contributed by atoms with Gasteiger partial charge in [-0.15, -0.1) is 11.3 Å². The zero-order valence-electron chi connectivity index (χ0n) is 12.8. The molecule has 0 N–H and O–H groups in total. The van der Waals surface area contributed by atoms with Gasteiger partial charge in [0.15, 0.2) is 0 Å². The number of carbonyl (C=O) groups excluding carboxylic acids is 1. The Kier molecular flexibility index (Phi) is 4.54. The van der Waals surface area contributed by atoms with E-state index in [2.05, 4.69) is 23.4 Å². The van der Waals surface area contributed by atoms with E-state index in [0.717, 1.165) is 36.6 Å². The maximum Gasteiger partial charge on any atom is 0.263 e. The van der Waals surface area contributed by atoms with Gasteiger partial charge in [0.05, 0.1) is 9.21 Å². The van der Waals surface area contributed by atoms with Gasteiger partial charge < -0.3 is 9.47 Å². The van der Waals surface area contributed by atoms with Gasteiger partial charge in [0, 0.05) is 37.4 Å². The molecule has 22 heavy (non-hydrogen) atoms. The number of hydrogen-bond donors (Lipinski definition) is 0. The topological polar surface area (TPSA) is 38.1 Å². The lowest BCUT2D eigenvalue weighted by atomic mass is 9.95. The Morgan fingerprint density at radius 3 is 2.68 bits per heavy atom. The number of thiophene rings is 1. The number of carbonyl (C=O) groups is 1. The van der Waals surface area contributed by atoms with Crippen molar-refractivity contribution in [1.29, 1.82) is 0 Å². The second kappa shape index (κ2) is 6.42. The van der Waals surface area contributed by atoms with Crippen molar-refractivity contribution >= 4 is 28.8 Å². The van der Waals surface area contributed by atoms with Gasteiger partial charge in [-0.2, -0.15) is 0 Å². The number of imidazole rings is 1. The van der Waals surface area contributed by atoms with E-state index in [1.54, 1.807) is 6.07 Å².